The third kappa shape index (κ3) is 11.5. The Kier molecular flexibility index (Phi) is 9.24. The van der Waals surface area contributed by atoms with Crippen LogP contribution in [0.3, 0.4) is 0 Å². The van der Waals surface area contributed by atoms with E-state index in [0.717, 1.165) is 5.92 Å². The van der Waals surface area contributed by atoms with Crippen LogP contribution in [0.2, 0.25) is 0 Å². The highest BCUT2D eigenvalue weighted by molar-refractivity contribution is 5.70. The van der Waals surface area contributed by atoms with Gasteiger partial charge in [0.05, 0.1) is 0 Å². The highest BCUT2D eigenvalue weighted by Gasteiger charge is 2.06. The van der Waals surface area contributed by atoms with E-state index < -0.39 is 0 Å². The number of hydrogen-bond acceptors (Lipinski definition) is 3. The Morgan fingerprint density at radius 2 is 1.94 bits per heavy atom. The number of nitrogens with two attached hydrogens (primary N) is 1. The van der Waals surface area contributed by atoms with Gasteiger partial charge in [0.25, 0.3) is 0 Å². The van der Waals surface area contributed by atoms with Gasteiger partial charge in [-0.05, 0) is 58.4 Å². The van der Waals surface area contributed by atoms with Gasteiger partial charge in [-0.15, -0.1) is 0 Å². The first-order valence-electron chi connectivity index (χ1n) is 6.17. The van der Waals surface area contributed by atoms with Crippen LogP contribution in [-0.4, -0.2) is 44.0 Å². The molecule has 0 spiro atoms. The van der Waals surface area contributed by atoms with E-state index >= 15 is 0 Å². The molecule has 0 aromatic heterocycles. The molecule has 4 heteroatoms. The third-order valence-corrected chi connectivity index (χ3v) is 2.64. The first-order valence-corrected chi connectivity index (χ1v) is 6.17. The van der Waals surface area contributed by atoms with Crippen molar-refractivity contribution in [2.24, 2.45) is 11.7 Å². The van der Waals surface area contributed by atoms with E-state index in [4.69, 9.17) is 0 Å². The molecular weight excluding hydrogens is 202 g/mol. The Morgan fingerprint density at radius 1 is 1.44 bits per heavy atom. The first-order chi connectivity index (χ1) is 7.52. The second-order valence-corrected chi connectivity index (χ2v) is 4.72. The quantitative estimate of drug-likeness (QED) is 0.663. The van der Waals surface area contributed by atoms with Gasteiger partial charge in [0, 0.05) is 9.78 Å². The van der Waals surface area contributed by atoms with E-state index in [-0.39, 0.29) is 8.76 Å². The van der Waals surface area contributed by atoms with Crippen molar-refractivity contribution in [3.05, 3.63) is 0 Å². The summed E-state index contributed by atoms with van der Waals surface area (Å²) in [6.45, 7) is 8.70. The normalized spacial score (nSPS) is 24.1. The molecule has 4 nitrogen and oxygen atoms in total. The highest BCUT2D eigenvalue weighted by atomic mass is 16.1. The minimum absolute atomic E-state index is 0. The predicted octanol–water partition coefficient (Wildman–Crippen LogP) is 1.31. The van der Waals surface area contributed by atoms with Crippen LogP contribution in [0.4, 0.5) is 0 Å². The standard InChI is InChI=1S/2C5H11N.C2H5NO.2H2/c1-5-2-3-6-4-5;1-6-4-2-3-5-6;1-2(3)4;;/h5-6H,2-4H2,1H3;2-5H2,1H3;1H3,(H2,3,4);2*1H/t5-;;;;/m1..../s1. The third-order valence-electron chi connectivity index (χ3n) is 2.64. The van der Waals surface area contributed by atoms with Crippen LogP contribution in [-0.2, 0) is 4.79 Å². The maximum Gasteiger partial charge on any atom is 0.214 e. The molecule has 1 amide bonds. The number of carbonyl (C=O) groups is 1. The topological polar surface area (TPSA) is 58.4 Å². The highest BCUT2D eigenvalue weighted by Crippen LogP contribution is 2.03. The van der Waals surface area contributed by atoms with Crippen molar-refractivity contribution in [2.75, 3.05) is 33.2 Å². The van der Waals surface area contributed by atoms with Crippen molar-refractivity contribution in [3.63, 3.8) is 0 Å². The van der Waals surface area contributed by atoms with Gasteiger partial charge < -0.3 is 16.0 Å². The number of nitrogens with one attached hydrogen (secondary N) is 1. The first kappa shape index (κ1) is 15.4. The molecule has 0 aromatic carbocycles. The molecule has 2 aliphatic rings. The van der Waals surface area contributed by atoms with Gasteiger partial charge in [0.1, 0.15) is 0 Å². The summed E-state index contributed by atoms with van der Waals surface area (Å²) in [5.41, 5.74) is 4.47. The summed E-state index contributed by atoms with van der Waals surface area (Å²) in [7, 11) is 2.17. The molecule has 0 bridgehead atoms. The molecule has 2 aliphatic heterocycles. The van der Waals surface area contributed by atoms with E-state index in [9.17, 15) is 4.79 Å². The zero-order chi connectivity index (χ0) is 12.4. The number of nitrogens with zero attached hydrogens (tertiary/aromatic N) is 1. The van der Waals surface area contributed by atoms with Gasteiger partial charge in [0.15, 0.2) is 0 Å². The molecule has 2 heterocycles. The van der Waals surface area contributed by atoms with Gasteiger partial charge in [-0.2, -0.15) is 0 Å². The molecule has 3 N–H and O–H groups in total. The Bertz CT molecular complexity index is 164. The Hall–Kier alpha value is -0.610. The molecule has 16 heavy (non-hydrogen) atoms. The van der Waals surface area contributed by atoms with Crippen molar-refractivity contribution >= 4 is 5.91 Å². The molecule has 0 radical (unpaired) electrons. The van der Waals surface area contributed by atoms with Crippen LogP contribution in [0.15, 0.2) is 0 Å². The summed E-state index contributed by atoms with van der Waals surface area (Å²) in [4.78, 5) is 11.6. The average molecular weight is 233 g/mol. The zero-order valence-corrected chi connectivity index (χ0v) is 11.0. The lowest BCUT2D eigenvalue weighted by atomic mass is 10.2. The molecule has 0 aromatic rings. The molecule has 2 fully saturated rings. The summed E-state index contributed by atoms with van der Waals surface area (Å²) >= 11 is 0. The van der Waals surface area contributed by atoms with Crippen LogP contribution < -0.4 is 11.1 Å². The van der Waals surface area contributed by atoms with Gasteiger partial charge in [-0.1, -0.05) is 6.92 Å². The Morgan fingerprint density at radius 3 is 2.06 bits per heavy atom. The van der Waals surface area contributed by atoms with Crippen LogP contribution in [0, 0.1) is 5.92 Å². The molecule has 2 saturated heterocycles. The van der Waals surface area contributed by atoms with Gasteiger partial charge >= 0.3 is 0 Å². The Balaban J connectivity index is -0.000000182. The summed E-state index contributed by atoms with van der Waals surface area (Å²) in [5, 5.41) is 3.27. The van der Waals surface area contributed by atoms with Crippen LogP contribution in [0.1, 0.15) is 36.0 Å². The molecule has 2 rings (SSSR count). The van der Waals surface area contributed by atoms with Gasteiger partial charge in [0.2, 0.25) is 5.91 Å². The molecule has 0 saturated carbocycles. The number of rotatable bonds is 0. The molecule has 0 unspecified atom stereocenters. The lowest BCUT2D eigenvalue weighted by Crippen LogP contribution is -2.10. The van der Waals surface area contributed by atoms with E-state index in [2.05, 4.69) is 29.9 Å². The van der Waals surface area contributed by atoms with Crippen LogP contribution in [0.25, 0.3) is 0 Å². The lowest BCUT2D eigenvalue weighted by molar-refractivity contribution is -0.115. The fourth-order valence-corrected chi connectivity index (χ4v) is 1.67. The second-order valence-electron chi connectivity index (χ2n) is 4.72. The summed E-state index contributed by atoms with van der Waals surface area (Å²) in [6, 6.07) is 0. The van der Waals surface area contributed by atoms with E-state index in [1.165, 1.54) is 52.4 Å². The molecule has 100 valence electrons. The minimum Gasteiger partial charge on any atom is -0.370 e. The SMILES string of the molecule is CC(N)=O.CN1CCCC1.C[C@@H]1CCNC1.[HH].[HH]. The maximum absolute atomic E-state index is 9.22. The fraction of sp³-hybridized carbons (Fsp3) is 0.917. The average Bonchev–Trinajstić information content (AvgIpc) is 2.78. The van der Waals surface area contributed by atoms with Crippen LogP contribution >= 0.6 is 0 Å². The van der Waals surface area contributed by atoms with Crippen LogP contribution in [0.5, 0.6) is 0 Å². The minimum atomic E-state index is -0.333. The van der Waals surface area contributed by atoms with Crippen molar-refractivity contribution in [2.45, 2.75) is 33.1 Å². The van der Waals surface area contributed by atoms with E-state index in [1.807, 2.05) is 0 Å². The Labute approximate surface area is 103 Å². The number of hydrogen-bond donors (Lipinski definition) is 2. The summed E-state index contributed by atoms with van der Waals surface area (Å²) < 4.78 is 0. The predicted molar refractivity (Wildman–Crippen MR) is 72.5 cm³/mol. The molecular formula is C12H31N3O. The van der Waals surface area contributed by atoms with E-state index in [0.29, 0.717) is 0 Å². The van der Waals surface area contributed by atoms with Crippen molar-refractivity contribution in [1.29, 1.82) is 0 Å². The monoisotopic (exact) mass is 233 g/mol. The van der Waals surface area contributed by atoms with Crippen molar-refractivity contribution < 1.29 is 7.65 Å². The number of amides is 1. The van der Waals surface area contributed by atoms with Crippen molar-refractivity contribution in [1.82, 2.24) is 10.2 Å². The largest absolute Gasteiger partial charge is 0.370 e. The van der Waals surface area contributed by atoms with Crippen molar-refractivity contribution in [3.8, 4) is 0 Å². The molecule has 0 aliphatic carbocycles. The number of likely N-dealkylation sites (tertiary alicyclic amines) is 1. The number of primary amides is 1. The second kappa shape index (κ2) is 9.60. The van der Waals surface area contributed by atoms with E-state index in [1.54, 1.807) is 0 Å². The van der Waals surface area contributed by atoms with Gasteiger partial charge in [-0.25, -0.2) is 0 Å². The smallest absolute Gasteiger partial charge is 0.214 e. The number of carbonyl (C=O) groups excluding carboxylic acids is 1. The maximum atomic E-state index is 9.22. The van der Waals surface area contributed by atoms with Gasteiger partial charge in [-0.3, -0.25) is 4.79 Å². The zero-order valence-electron chi connectivity index (χ0n) is 11.0. The summed E-state index contributed by atoms with van der Waals surface area (Å²) in [5.74, 6) is 0.602. The lowest BCUT2D eigenvalue weighted by Gasteiger charge is -2.01. The summed E-state index contributed by atoms with van der Waals surface area (Å²) in [6.07, 6.45) is 4.20. The fourth-order valence-electron chi connectivity index (χ4n) is 1.67. The molecule has 1 atom stereocenters.